The number of rotatable bonds is 5. The summed E-state index contributed by atoms with van der Waals surface area (Å²) in [6, 6.07) is 9.01. The van der Waals surface area contributed by atoms with Crippen LogP contribution in [0.1, 0.15) is 29.9 Å². The number of carbonyl (C=O) groups is 2. The second-order valence-electron chi connectivity index (χ2n) is 5.47. The van der Waals surface area contributed by atoms with Crippen molar-refractivity contribution in [3.8, 4) is 0 Å². The smallest absolute Gasteiger partial charge is 0.340 e. The van der Waals surface area contributed by atoms with Gasteiger partial charge in [-0.1, -0.05) is 24.3 Å². The van der Waals surface area contributed by atoms with Gasteiger partial charge in [0.15, 0.2) is 0 Å². The van der Waals surface area contributed by atoms with E-state index in [2.05, 4.69) is 5.10 Å². The minimum absolute atomic E-state index is 0.112. The molecule has 2 aromatic heterocycles. The van der Waals surface area contributed by atoms with Crippen molar-refractivity contribution in [2.24, 2.45) is 0 Å². The van der Waals surface area contributed by atoms with E-state index in [9.17, 15) is 9.59 Å². The van der Waals surface area contributed by atoms with Gasteiger partial charge >= 0.3 is 11.9 Å². The predicted molar refractivity (Wildman–Crippen MR) is 91.4 cm³/mol. The standard InChI is InChI=1S/C18H19N3O4/c1-3-24-15(22)10-13-16(18(23)25-4-2)12-8-6-5-7-11-9-14(19)21(20-13)17(11)12/h5-9,19-20H,3-4,10H2,1-2H3. The van der Waals surface area contributed by atoms with Crippen LogP contribution < -0.4 is 5.49 Å². The number of hydrogen-bond acceptors (Lipinski definition) is 5. The molecule has 7 heteroatoms. The average Bonchev–Trinajstić information content (AvgIpc) is 2.74. The van der Waals surface area contributed by atoms with E-state index in [1.54, 1.807) is 30.5 Å². The molecule has 0 atom stereocenters. The van der Waals surface area contributed by atoms with Crippen LogP contribution in [0.4, 0.5) is 0 Å². The summed E-state index contributed by atoms with van der Waals surface area (Å²) >= 11 is 0. The van der Waals surface area contributed by atoms with Crippen LogP contribution in [-0.2, 0) is 20.7 Å². The molecule has 130 valence electrons. The largest absolute Gasteiger partial charge is 0.466 e. The molecular weight excluding hydrogens is 322 g/mol. The highest BCUT2D eigenvalue weighted by Gasteiger charge is 2.22. The summed E-state index contributed by atoms with van der Waals surface area (Å²) in [6.45, 7) is 3.93. The maximum absolute atomic E-state index is 12.6. The Kier molecular flexibility index (Phi) is 4.56. The summed E-state index contributed by atoms with van der Waals surface area (Å²) in [7, 11) is 0. The molecule has 0 saturated heterocycles. The maximum atomic E-state index is 12.6. The van der Waals surface area contributed by atoms with Crippen LogP contribution in [0.15, 0.2) is 30.3 Å². The summed E-state index contributed by atoms with van der Waals surface area (Å²) < 4.78 is 11.8. The first-order valence-electron chi connectivity index (χ1n) is 8.09. The third-order valence-electron chi connectivity index (χ3n) is 3.86. The van der Waals surface area contributed by atoms with E-state index in [1.165, 1.54) is 0 Å². The van der Waals surface area contributed by atoms with Crippen LogP contribution in [-0.4, -0.2) is 34.8 Å². The molecule has 0 aliphatic heterocycles. The minimum Gasteiger partial charge on any atom is -0.466 e. The lowest BCUT2D eigenvalue weighted by molar-refractivity contribution is -0.142. The van der Waals surface area contributed by atoms with E-state index in [0.717, 1.165) is 5.39 Å². The number of hydrogen-bond donors (Lipinski definition) is 2. The van der Waals surface area contributed by atoms with Crippen LogP contribution in [0.25, 0.3) is 16.3 Å². The lowest BCUT2D eigenvalue weighted by Crippen LogP contribution is -2.20. The van der Waals surface area contributed by atoms with Gasteiger partial charge < -0.3 is 9.47 Å². The van der Waals surface area contributed by atoms with Crippen LogP contribution in [0.3, 0.4) is 0 Å². The summed E-state index contributed by atoms with van der Waals surface area (Å²) in [6.07, 6.45) is -0.112. The van der Waals surface area contributed by atoms with E-state index < -0.39 is 11.9 Å². The molecule has 0 aliphatic rings. The maximum Gasteiger partial charge on any atom is 0.340 e. The SMILES string of the molecule is CCOC(=O)Cc1[nH]n2c(=N)cc3ccccc(c1C(=O)OCC)c32. The molecule has 2 heterocycles. The molecule has 0 saturated carbocycles. The fourth-order valence-electron chi connectivity index (χ4n) is 2.91. The molecule has 3 rings (SSSR count). The Bertz CT molecular complexity index is 1020. The number of carbonyl (C=O) groups excluding carboxylic acids is 2. The monoisotopic (exact) mass is 341 g/mol. The van der Waals surface area contributed by atoms with Crippen molar-refractivity contribution in [2.45, 2.75) is 20.3 Å². The second kappa shape index (κ2) is 6.80. The zero-order valence-corrected chi connectivity index (χ0v) is 14.1. The molecule has 0 unspecified atom stereocenters. The fourth-order valence-corrected chi connectivity index (χ4v) is 2.91. The Hall–Kier alpha value is -3.09. The van der Waals surface area contributed by atoms with Crippen molar-refractivity contribution >= 4 is 28.2 Å². The number of aromatic nitrogens is 2. The van der Waals surface area contributed by atoms with Crippen LogP contribution >= 0.6 is 0 Å². The van der Waals surface area contributed by atoms with E-state index in [1.807, 2.05) is 18.2 Å². The van der Waals surface area contributed by atoms with Crippen LogP contribution in [0.2, 0.25) is 0 Å². The van der Waals surface area contributed by atoms with Crippen molar-refractivity contribution in [1.82, 2.24) is 9.61 Å². The van der Waals surface area contributed by atoms with Gasteiger partial charge in [0.1, 0.15) is 5.49 Å². The van der Waals surface area contributed by atoms with Gasteiger partial charge in [0.25, 0.3) is 0 Å². The quantitative estimate of drug-likeness (QED) is 0.695. The van der Waals surface area contributed by atoms with Gasteiger partial charge in [-0.15, -0.1) is 0 Å². The highest BCUT2D eigenvalue weighted by atomic mass is 16.5. The summed E-state index contributed by atoms with van der Waals surface area (Å²) in [5, 5.41) is 12.6. The molecule has 2 N–H and O–H groups in total. The predicted octanol–water partition coefficient (Wildman–Crippen LogP) is 2.18. The topological polar surface area (TPSA) is 96.6 Å². The first kappa shape index (κ1) is 16.8. The van der Waals surface area contributed by atoms with Crippen molar-refractivity contribution in [1.29, 1.82) is 5.41 Å². The third-order valence-corrected chi connectivity index (χ3v) is 3.86. The molecule has 25 heavy (non-hydrogen) atoms. The van der Waals surface area contributed by atoms with Gasteiger partial charge in [0.2, 0.25) is 0 Å². The molecule has 0 radical (unpaired) electrons. The Morgan fingerprint density at radius 1 is 1.16 bits per heavy atom. The Morgan fingerprint density at radius 3 is 2.60 bits per heavy atom. The van der Waals surface area contributed by atoms with E-state index >= 15 is 0 Å². The van der Waals surface area contributed by atoms with Gasteiger partial charge in [-0.2, -0.15) is 0 Å². The summed E-state index contributed by atoms with van der Waals surface area (Å²) in [5.41, 5.74) is 1.58. The van der Waals surface area contributed by atoms with Gasteiger partial charge in [-0.3, -0.25) is 15.3 Å². The molecule has 0 fully saturated rings. The minimum atomic E-state index is -0.513. The number of ether oxygens (including phenoxy) is 2. The highest BCUT2D eigenvalue weighted by Crippen LogP contribution is 2.25. The molecule has 3 aromatic rings. The van der Waals surface area contributed by atoms with Crippen molar-refractivity contribution in [3.05, 3.63) is 47.1 Å². The normalized spacial score (nSPS) is 11.0. The lowest BCUT2D eigenvalue weighted by atomic mass is 10.1. The summed E-state index contributed by atoms with van der Waals surface area (Å²) in [5.74, 6) is -0.966. The van der Waals surface area contributed by atoms with Crippen LogP contribution in [0.5, 0.6) is 0 Å². The third kappa shape index (κ3) is 3.00. The van der Waals surface area contributed by atoms with Crippen LogP contribution in [0, 0.1) is 5.41 Å². The molecule has 0 aliphatic carbocycles. The van der Waals surface area contributed by atoms with Gasteiger partial charge in [-0.25, -0.2) is 9.31 Å². The molecular formula is C18H19N3O4. The van der Waals surface area contributed by atoms with Gasteiger partial charge in [-0.05, 0) is 19.9 Å². The first-order chi connectivity index (χ1) is 12.1. The number of nitrogens with zero attached hydrogens (tertiary/aromatic N) is 1. The van der Waals surface area contributed by atoms with Gasteiger partial charge in [0.05, 0.1) is 36.4 Å². The zero-order valence-electron chi connectivity index (χ0n) is 14.1. The molecule has 7 nitrogen and oxygen atoms in total. The zero-order chi connectivity index (χ0) is 18.0. The number of esters is 2. The number of aromatic amines is 1. The van der Waals surface area contributed by atoms with Crippen molar-refractivity contribution in [2.75, 3.05) is 13.2 Å². The first-order valence-corrected chi connectivity index (χ1v) is 8.09. The van der Waals surface area contributed by atoms with E-state index in [-0.39, 0.29) is 25.1 Å². The molecule has 0 spiro atoms. The second-order valence-corrected chi connectivity index (χ2v) is 5.47. The molecule has 0 amide bonds. The molecule has 0 bridgehead atoms. The Balaban J connectivity index is 2.35. The average molecular weight is 341 g/mol. The Morgan fingerprint density at radius 2 is 1.88 bits per heavy atom. The number of nitrogens with one attached hydrogen (secondary N) is 2. The Labute approximate surface area is 143 Å². The van der Waals surface area contributed by atoms with E-state index in [4.69, 9.17) is 14.9 Å². The van der Waals surface area contributed by atoms with Crippen molar-refractivity contribution < 1.29 is 19.1 Å². The molecule has 1 aromatic carbocycles. The van der Waals surface area contributed by atoms with E-state index in [0.29, 0.717) is 22.2 Å². The lowest BCUT2D eigenvalue weighted by Gasteiger charge is -2.13. The highest BCUT2D eigenvalue weighted by molar-refractivity contribution is 6.09. The van der Waals surface area contributed by atoms with Crippen molar-refractivity contribution in [3.63, 3.8) is 0 Å². The number of H-pyrrole nitrogens is 1. The summed E-state index contributed by atoms with van der Waals surface area (Å²) in [4.78, 5) is 24.5. The fraction of sp³-hybridized carbons (Fsp3) is 0.278. The van der Waals surface area contributed by atoms with Gasteiger partial charge in [0, 0.05) is 10.8 Å².